The number of rotatable bonds is 6. The van der Waals surface area contributed by atoms with E-state index in [-0.39, 0.29) is 49.5 Å². The van der Waals surface area contributed by atoms with E-state index in [2.05, 4.69) is 20.3 Å². The number of amides is 1. The molecule has 0 atom stereocenters. The third kappa shape index (κ3) is 5.82. The number of ether oxygens (including phenoxy) is 1. The van der Waals surface area contributed by atoms with E-state index in [9.17, 15) is 18.0 Å². The van der Waals surface area contributed by atoms with Crippen molar-refractivity contribution in [1.82, 2.24) is 15.0 Å². The molecule has 1 aliphatic heterocycles. The second kappa shape index (κ2) is 9.80. The minimum atomic E-state index is -4.14. The monoisotopic (exact) mass is 464 g/mol. The van der Waals surface area contributed by atoms with Crippen molar-refractivity contribution in [1.29, 1.82) is 0 Å². The first kappa shape index (κ1) is 23.1. The van der Waals surface area contributed by atoms with Crippen LogP contribution in [0.3, 0.4) is 0 Å². The van der Waals surface area contributed by atoms with E-state index < -0.39 is 18.0 Å². The number of nitrogens with zero attached hydrogens (tertiary/aromatic N) is 4. The molecule has 1 aliphatic carbocycles. The molecule has 0 spiro atoms. The zero-order valence-electron chi connectivity index (χ0n) is 18.1. The van der Waals surface area contributed by atoms with E-state index in [0.717, 1.165) is 25.7 Å². The summed E-state index contributed by atoms with van der Waals surface area (Å²) in [5.41, 5.74) is 5.65. The summed E-state index contributed by atoms with van der Waals surface area (Å²) in [6.45, 7) is 0.577. The van der Waals surface area contributed by atoms with E-state index in [4.69, 9.17) is 10.5 Å². The van der Waals surface area contributed by atoms with Crippen LogP contribution in [0.15, 0.2) is 30.6 Å². The van der Waals surface area contributed by atoms with Crippen LogP contribution in [0.25, 0.3) is 0 Å². The molecule has 178 valence electrons. The number of carbonyl (C=O) groups excluding carboxylic acids is 1. The maximum Gasteiger partial charge on any atom is 0.391 e. The van der Waals surface area contributed by atoms with Crippen molar-refractivity contribution in [2.75, 3.05) is 23.3 Å². The molecule has 0 bridgehead atoms. The van der Waals surface area contributed by atoms with Crippen LogP contribution in [0, 0.1) is 5.92 Å². The zero-order chi connectivity index (χ0) is 23.4. The number of hydrogen-bond acceptors (Lipinski definition) is 7. The van der Waals surface area contributed by atoms with Crippen LogP contribution in [-0.2, 0) is 0 Å². The molecule has 3 heterocycles. The van der Waals surface area contributed by atoms with Gasteiger partial charge in [0.15, 0.2) is 0 Å². The van der Waals surface area contributed by atoms with Crippen LogP contribution in [0.4, 0.5) is 24.9 Å². The Morgan fingerprint density at radius 1 is 1.06 bits per heavy atom. The molecule has 3 N–H and O–H groups in total. The zero-order valence-corrected chi connectivity index (χ0v) is 18.1. The number of alkyl halides is 3. The molecule has 2 fully saturated rings. The van der Waals surface area contributed by atoms with Gasteiger partial charge in [0.05, 0.1) is 5.92 Å². The average Bonchev–Trinajstić information content (AvgIpc) is 2.80. The number of primary amides is 1. The number of piperidine rings is 1. The molecular weight excluding hydrogens is 437 g/mol. The first-order valence-electron chi connectivity index (χ1n) is 11.1. The molecule has 0 aromatic carbocycles. The van der Waals surface area contributed by atoms with Crippen LogP contribution < -0.4 is 20.7 Å². The number of anilines is 2. The largest absolute Gasteiger partial charge is 0.474 e. The van der Waals surface area contributed by atoms with Crippen molar-refractivity contribution >= 4 is 17.7 Å². The number of halogens is 3. The first-order valence-corrected chi connectivity index (χ1v) is 11.1. The fourth-order valence-electron chi connectivity index (χ4n) is 4.35. The first-order chi connectivity index (χ1) is 15.8. The predicted molar refractivity (Wildman–Crippen MR) is 116 cm³/mol. The van der Waals surface area contributed by atoms with Crippen LogP contribution in [0.2, 0.25) is 0 Å². The normalized spacial score (nSPS) is 22.1. The summed E-state index contributed by atoms with van der Waals surface area (Å²) in [4.78, 5) is 26.3. The summed E-state index contributed by atoms with van der Waals surface area (Å²) in [6.07, 6.45) is 2.31. The lowest BCUT2D eigenvalue weighted by molar-refractivity contribution is -0.179. The Kier molecular flexibility index (Phi) is 6.85. The fourth-order valence-corrected chi connectivity index (χ4v) is 4.35. The molecule has 1 amide bonds. The van der Waals surface area contributed by atoms with Gasteiger partial charge in [-0.1, -0.05) is 0 Å². The van der Waals surface area contributed by atoms with Crippen LogP contribution in [0.1, 0.15) is 48.9 Å². The predicted octanol–water partition coefficient (Wildman–Crippen LogP) is 3.55. The molecular formula is C22H27F3N6O2. The number of pyridine rings is 1. The smallest absolute Gasteiger partial charge is 0.391 e. The van der Waals surface area contributed by atoms with Gasteiger partial charge < -0.3 is 20.7 Å². The lowest BCUT2D eigenvalue weighted by Gasteiger charge is -2.33. The molecule has 4 rings (SSSR count). The number of nitrogens with one attached hydrogen (secondary N) is 1. The van der Waals surface area contributed by atoms with Gasteiger partial charge >= 0.3 is 6.18 Å². The van der Waals surface area contributed by atoms with Gasteiger partial charge in [0.1, 0.15) is 17.5 Å². The van der Waals surface area contributed by atoms with E-state index >= 15 is 0 Å². The van der Waals surface area contributed by atoms with Gasteiger partial charge in [-0.25, -0.2) is 9.97 Å². The molecule has 2 aromatic rings. The molecule has 8 nitrogen and oxygen atoms in total. The van der Waals surface area contributed by atoms with Crippen molar-refractivity contribution in [2.24, 2.45) is 11.7 Å². The Balaban J connectivity index is 1.29. The van der Waals surface area contributed by atoms with Gasteiger partial charge in [-0.05, 0) is 56.7 Å². The summed E-state index contributed by atoms with van der Waals surface area (Å²) >= 11 is 0. The van der Waals surface area contributed by atoms with E-state index in [1.165, 1.54) is 0 Å². The standard InChI is InChI=1S/C22H27F3N6O2/c23-22(24,25)14-8-12-31(13-9-14)21-28-11-7-18(30-21)29-15-3-5-16(6-4-15)33-20-17(19(26)32)2-1-10-27-20/h1-2,7,10-11,14-16H,3-6,8-9,12-13H2,(H2,26,32)(H,28,29,30)/t15-,16-. The summed E-state index contributed by atoms with van der Waals surface area (Å²) < 4.78 is 44.6. The Morgan fingerprint density at radius 2 is 1.79 bits per heavy atom. The average molecular weight is 464 g/mol. The SMILES string of the molecule is NC(=O)c1cccnc1O[C@H]1CC[C@H](Nc2ccnc(N3CCC(C(F)(F)F)CC3)n2)CC1. The Labute approximate surface area is 189 Å². The third-order valence-corrected chi connectivity index (χ3v) is 6.22. The summed E-state index contributed by atoms with van der Waals surface area (Å²) in [6, 6.07) is 5.18. The highest BCUT2D eigenvalue weighted by Crippen LogP contribution is 2.35. The molecule has 33 heavy (non-hydrogen) atoms. The summed E-state index contributed by atoms with van der Waals surface area (Å²) in [5.74, 6) is -0.459. The third-order valence-electron chi connectivity index (χ3n) is 6.22. The number of hydrogen-bond donors (Lipinski definition) is 2. The van der Waals surface area contributed by atoms with Gasteiger partial charge in [0, 0.05) is 31.5 Å². The second-order valence-electron chi connectivity index (χ2n) is 8.50. The molecule has 11 heteroatoms. The van der Waals surface area contributed by atoms with E-state index in [1.54, 1.807) is 35.5 Å². The maximum absolute atomic E-state index is 12.9. The molecule has 1 saturated carbocycles. The fraction of sp³-hybridized carbons (Fsp3) is 0.545. The lowest BCUT2D eigenvalue weighted by atomic mass is 9.93. The van der Waals surface area contributed by atoms with Crippen molar-refractivity contribution in [2.45, 2.75) is 56.8 Å². The van der Waals surface area contributed by atoms with Crippen molar-refractivity contribution < 1.29 is 22.7 Å². The second-order valence-corrected chi connectivity index (χ2v) is 8.50. The highest BCUT2D eigenvalue weighted by atomic mass is 19.4. The van der Waals surface area contributed by atoms with E-state index in [0.29, 0.717) is 11.8 Å². The van der Waals surface area contributed by atoms with Crippen molar-refractivity contribution in [3.63, 3.8) is 0 Å². The minimum Gasteiger partial charge on any atom is -0.474 e. The van der Waals surface area contributed by atoms with Gasteiger partial charge in [0.25, 0.3) is 5.91 Å². The molecule has 2 aliphatic rings. The van der Waals surface area contributed by atoms with Crippen LogP contribution >= 0.6 is 0 Å². The molecule has 0 unspecified atom stereocenters. The van der Waals surface area contributed by atoms with Gasteiger partial charge in [-0.2, -0.15) is 18.2 Å². The van der Waals surface area contributed by atoms with Crippen molar-refractivity contribution in [3.05, 3.63) is 36.2 Å². The van der Waals surface area contributed by atoms with Crippen LogP contribution in [-0.4, -0.2) is 52.3 Å². The minimum absolute atomic E-state index is 0.0578. The quantitative estimate of drug-likeness (QED) is 0.673. The number of aromatic nitrogens is 3. The summed E-state index contributed by atoms with van der Waals surface area (Å²) in [5, 5.41) is 3.40. The maximum atomic E-state index is 12.9. The summed E-state index contributed by atoms with van der Waals surface area (Å²) in [7, 11) is 0. The van der Waals surface area contributed by atoms with Gasteiger partial charge in [0.2, 0.25) is 11.8 Å². The van der Waals surface area contributed by atoms with Crippen LogP contribution in [0.5, 0.6) is 5.88 Å². The molecule has 2 aromatic heterocycles. The molecule has 1 saturated heterocycles. The van der Waals surface area contributed by atoms with Gasteiger partial charge in [-0.15, -0.1) is 0 Å². The van der Waals surface area contributed by atoms with E-state index in [1.807, 2.05) is 0 Å². The highest BCUT2D eigenvalue weighted by Gasteiger charge is 2.41. The number of carbonyl (C=O) groups is 1. The Morgan fingerprint density at radius 3 is 2.45 bits per heavy atom. The van der Waals surface area contributed by atoms with Gasteiger partial charge in [-0.3, -0.25) is 4.79 Å². The Bertz CT molecular complexity index is 957. The topological polar surface area (TPSA) is 106 Å². The Hall–Kier alpha value is -3.11. The molecule has 0 radical (unpaired) electrons. The lowest BCUT2D eigenvalue weighted by Crippen LogP contribution is -2.39. The number of nitrogens with two attached hydrogens (primary N) is 1. The highest BCUT2D eigenvalue weighted by molar-refractivity contribution is 5.94. The van der Waals surface area contributed by atoms with Crippen molar-refractivity contribution in [3.8, 4) is 5.88 Å².